The van der Waals surface area contributed by atoms with Gasteiger partial charge in [0.25, 0.3) is 5.91 Å². The first kappa shape index (κ1) is 18.8. The topological polar surface area (TPSA) is 73.9 Å². The lowest BCUT2D eigenvalue weighted by Crippen LogP contribution is -2.28. The maximum absolute atomic E-state index is 12.0. The number of methoxy groups -OCH3 is 2. The van der Waals surface area contributed by atoms with Gasteiger partial charge >= 0.3 is 0 Å². The summed E-state index contributed by atoms with van der Waals surface area (Å²) in [4.78, 5) is 23.0. The Balaban J connectivity index is 1.94. The molecule has 0 saturated carbocycles. The van der Waals surface area contributed by atoms with Crippen LogP contribution in [0.1, 0.15) is 15.9 Å². The molecule has 0 spiro atoms. The Labute approximate surface area is 154 Å². The molecule has 0 aromatic heterocycles. The monoisotopic (exact) mass is 407 g/mol. The summed E-state index contributed by atoms with van der Waals surface area (Å²) in [6, 6.07) is 10.6. The molecule has 0 aliphatic heterocycles. The number of rotatable bonds is 8. The number of ether oxygens (including phenoxy) is 3. The van der Waals surface area contributed by atoms with Crippen molar-refractivity contribution in [1.82, 2.24) is 5.32 Å². The smallest absolute Gasteiger partial charge is 0.258 e. The van der Waals surface area contributed by atoms with E-state index in [1.807, 2.05) is 24.3 Å². The van der Waals surface area contributed by atoms with Gasteiger partial charge in [0.05, 0.1) is 14.2 Å². The van der Waals surface area contributed by atoms with Gasteiger partial charge in [0.15, 0.2) is 24.4 Å². The quantitative estimate of drug-likeness (QED) is 0.680. The van der Waals surface area contributed by atoms with Crippen molar-refractivity contribution in [3.05, 3.63) is 52.0 Å². The van der Waals surface area contributed by atoms with E-state index in [1.54, 1.807) is 13.2 Å². The van der Waals surface area contributed by atoms with Crippen LogP contribution in [0.5, 0.6) is 17.2 Å². The lowest BCUT2D eigenvalue weighted by Gasteiger charge is -2.12. The van der Waals surface area contributed by atoms with Crippen molar-refractivity contribution in [2.75, 3.05) is 20.8 Å². The van der Waals surface area contributed by atoms with Gasteiger partial charge < -0.3 is 19.5 Å². The zero-order valence-corrected chi connectivity index (χ0v) is 15.5. The van der Waals surface area contributed by atoms with Crippen LogP contribution >= 0.6 is 15.9 Å². The Hall–Kier alpha value is -2.54. The molecule has 6 nitrogen and oxygen atoms in total. The van der Waals surface area contributed by atoms with Gasteiger partial charge in [0.2, 0.25) is 0 Å². The van der Waals surface area contributed by atoms with Gasteiger partial charge in [-0.1, -0.05) is 12.1 Å². The summed E-state index contributed by atoms with van der Waals surface area (Å²) in [5.74, 6) is 1.19. The van der Waals surface area contributed by atoms with Gasteiger partial charge in [-0.3, -0.25) is 9.59 Å². The molecular formula is C18H18BrNO5. The first-order valence-corrected chi connectivity index (χ1v) is 8.21. The minimum Gasteiger partial charge on any atom is -0.497 e. The summed E-state index contributed by atoms with van der Waals surface area (Å²) >= 11 is 3.27. The van der Waals surface area contributed by atoms with Gasteiger partial charge in [-0.2, -0.15) is 0 Å². The fourth-order valence-corrected chi connectivity index (χ4v) is 2.51. The van der Waals surface area contributed by atoms with Crippen molar-refractivity contribution in [2.24, 2.45) is 0 Å². The van der Waals surface area contributed by atoms with E-state index in [2.05, 4.69) is 21.2 Å². The van der Waals surface area contributed by atoms with Crippen LogP contribution in [-0.2, 0) is 11.3 Å². The summed E-state index contributed by atoms with van der Waals surface area (Å²) in [5.41, 5.74) is 1.32. The lowest BCUT2D eigenvalue weighted by atomic mass is 10.2. The number of aldehydes is 1. The van der Waals surface area contributed by atoms with E-state index in [-0.39, 0.29) is 12.5 Å². The Morgan fingerprint density at radius 3 is 2.64 bits per heavy atom. The van der Waals surface area contributed by atoms with E-state index in [4.69, 9.17) is 14.2 Å². The number of hydrogen-bond donors (Lipinski definition) is 1. The number of carbonyl (C=O) groups is 2. The predicted molar refractivity (Wildman–Crippen MR) is 96.4 cm³/mol. The maximum Gasteiger partial charge on any atom is 0.258 e. The van der Waals surface area contributed by atoms with Gasteiger partial charge in [-0.05, 0) is 45.8 Å². The molecule has 0 atom stereocenters. The fourth-order valence-electron chi connectivity index (χ4n) is 2.09. The van der Waals surface area contributed by atoms with Crippen molar-refractivity contribution >= 4 is 28.1 Å². The van der Waals surface area contributed by atoms with Crippen LogP contribution in [-0.4, -0.2) is 33.0 Å². The number of halogens is 1. The van der Waals surface area contributed by atoms with Gasteiger partial charge in [-0.15, -0.1) is 0 Å². The molecule has 132 valence electrons. The Morgan fingerprint density at radius 2 is 1.96 bits per heavy atom. The zero-order chi connectivity index (χ0) is 18.2. The van der Waals surface area contributed by atoms with Crippen LogP contribution in [0.15, 0.2) is 40.9 Å². The van der Waals surface area contributed by atoms with Crippen molar-refractivity contribution in [2.45, 2.75) is 6.54 Å². The molecule has 1 N–H and O–H groups in total. The number of nitrogens with one attached hydrogen (secondary N) is 1. The van der Waals surface area contributed by atoms with Crippen LogP contribution in [0.25, 0.3) is 0 Å². The highest BCUT2D eigenvalue weighted by molar-refractivity contribution is 9.10. The Kier molecular flexibility index (Phi) is 6.82. The van der Waals surface area contributed by atoms with Crippen LogP contribution in [0, 0.1) is 0 Å². The number of hydrogen-bond acceptors (Lipinski definition) is 5. The second kappa shape index (κ2) is 9.08. The molecule has 0 aliphatic carbocycles. The van der Waals surface area contributed by atoms with Gasteiger partial charge in [0, 0.05) is 16.6 Å². The van der Waals surface area contributed by atoms with Crippen molar-refractivity contribution in [1.29, 1.82) is 0 Å². The molecule has 0 aliphatic rings. The molecule has 0 saturated heterocycles. The molecule has 0 unspecified atom stereocenters. The minimum absolute atomic E-state index is 0.194. The third kappa shape index (κ3) is 5.22. The summed E-state index contributed by atoms with van der Waals surface area (Å²) in [5, 5.41) is 2.76. The molecule has 0 bridgehead atoms. The molecule has 0 radical (unpaired) electrons. The molecule has 0 fully saturated rings. The SMILES string of the molecule is COc1cccc(CNC(=O)COc2cc(C=O)c(Br)cc2OC)c1. The molecule has 7 heteroatoms. The highest BCUT2D eigenvalue weighted by Gasteiger charge is 2.12. The zero-order valence-electron chi connectivity index (χ0n) is 13.9. The summed E-state index contributed by atoms with van der Waals surface area (Å²) in [6.45, 7) is 0.163. The average molecular weight is 408 g/mol. The maximum atomic E-state index is 12.0. The minimum atomic E-state index is -0.291. The van der Waals surface area contributed by atoms with Gasteiger partial charge in [0.1, 0.15) is 5.75 Å². The predicted octanol–water partition coefficient (Wildman–Crippen LogP) is 2.97. The lowest BCUT2D eigenvalue weighted by molar-refractivity contribution is -0.123. The van der Waals surface area contributed by atoms with E-state index < -0.39 is 0 Å². The van der Waals surface area contributed by atoms with Crippen molar-refractivity contribution in [3.8, 4) is 17.2 Å². The summed E-state index contributed by atoms with van der Waals surface area (Å²) < 4.78 is 16.4. The molecule has 2 aromatic rings. The Bertz CT molecular complexity index is 763. The van der Waals surface area contributed by atoms with Gasteiger partial charge in [-0.25, -0.2) is 0 Å². The second-order valence-corrected chi connectivity index (χ2v) is 5.91. The van der Waals surface area contributed by atoms with Crippen molar-refractivity contribution in [3.63, 3.8) is 0 Å². The second-order valence-electron chi connectivity index (χ2n) is 5.06. The van der Waals surface area contributed by atoms with Crippen LogP contribution < -0.4 is 19.5 Å². The van der Waals surface area contributed by atoms with Crippen LogP contribution in [0.2, 0.25) is 0 Å². The first-order chi connectivity index (χ1) is 12.1. The normalized spacial score (nSPS) is 10.0. The van der Waals surface area contributed by atoms with Crippen LogP contribution in [0.4, 0.5) is 0 Å². The third-order valence-electron chi connectivity index (χ3n) is 3.39. The number of carbonyl (C=O) groups excluding carboxylic acids is 2. The van der Waals surface area contributed by atoms with E-state index in [0.717, 1.165) is 11.3 Å². The first-order valence-electron chi connectivity index (χ1n) is 7.42. The average Bonchev–Trinajstić information content (AvgIpc) is 2.65. The Morgan fingerprint density at radius 1 is 1.16 bits per heavy atom. The van der Waals surface area contributed by atoms with E-state index >= 15 is 0 Å². The summed E-state index contributed by atoms with van der Waals surface area (Å²) in [6.07, 6.45) is 0.694. The number of benzene rings is 2. The highest BCUT2D eigenvalue weighted by atomic mass is 79.9. The standard InChI is InChI=1S/C18H18BrNO5/c1-23-14-5-3-4-12(6-14)9-20-18(22)11-25-17-7-13(10-21)15(19)8-16(17)24-2/h3-8,10H,9,11H2,1-2H3,(H,20,22). The summed E-state index contributed by atoms with van der Waals surface area (Å²) in [7, 11) is 3.07. The van der Waals surface area contributed by atoms with E-state index in [0.29, 0.717) is 34.4 Å². The molecule has 2 aromatic carbocycles. The van der Waals surface area contributed by atoms with Crippen LogP contribution in [0.3, 0.4) is 0 Å². The fraction of sp³-hybridized carbons (Fsp3) is 0.222. The highest BCUT2D eigenvalue weighted by Crippen LogP contribution is 2.32. The molecule has 25 heavy (non-hydrogen) atoms. The van der Waals surface area contributed by atoms with E-state index in [9.17, 15) is 9.59 Å². The molecule has 2 rings (SSSR count). The van der Waals surface area contributed by atoms with Crippen molar-refractivity contribution < 1.29 is 23.8 Å². The molecule has 1 amide bonds. The third-order valence-corrected chi connectivity index (χ3v) is 4.08. The number of amides is 1. The largest absolute Gasteiger partial charge is 0.497 e. The molecular weight excluding hydrogens is 390 g/mol. The molecule has 0 heterocycles. The van der Waals surface area contributed by atoms with E-state index in [1.165, 1.54) is 13.2 Å².